The first-order valence-electron chi connectivity index (χ1n) is 8.31. The smallest absolute Gasteiger partial charge is 0.425 e. The number of carbonyl (C=O) groups is 1. The van der Waals surface area contributed by atoms with Crippen LogP contribution in [0.3, 0.4) is 0 Å². The Morgan fingerprint density at radius 2 is 2.00 bits per heavy atom. The third-order valence-electron chi connectivity index (χ3n) is 4.36. The van der Waals surface area contributed by atoms with Crippen molar-refractivity contribution >= 4 is 5.91 Å². The van der Waals surface area contributed by atoms with E-state index in [2.05, 4.69) is 10.3 Å². The molecule has 0 saturated heterocycles. The van der Waals surface area contributed by atoms with Crippen LogP contribution in [0.5, 0.6) is 11.5 Å². The van der Waals surface area contributed by atoms with E-state index in [0.717, 1.165) is 10.8 Å². The lowest BCUT2D eigenvalue weighted by molar-refractivity contribution is -0.271. The van der Waals surface area contributed by atoms with Gasteiger partial charge in [-0.1, -0.05) is 0 Å². The zero-order valence-corrected chi connectivity index (χ0v) is 15.9. The summed E-state index contributed by atoms with van der Waals surface area (Å²) >= 11 is 0. The fourth-order valence-electron chi connectivity index (χ4n) is 2.85. The molecule has 0 aliphatic carbocycles. The second-order valence-electron chi connectivity index (χ2n) is 6.29. The molecule has 2 N–H and O–H groups in total. The maximum atomic E-state index is 13.6. The summed E-state index contributed by atoms with van der Waals surface area (Å²) < 4.78 is 52.0. The summed E-state index contributed by atoms with van der Waals surface area (Å²) in [5, 5.41) is 12.8. The first kappa shape index (κ1) is 21.5. The summed E-state index contributed by atoms with van der Waals surface area (Å²) in [5.41, 5.74) is -2.87. The number of carbonyl (C=O) groups excluding carboxylic acids is 1. The summed E-state index contributed by atoms with van der Waals surface area (Å²) in [6, 6.07) is 4.20. The van der Waals surface area contributed by atoms with E-state index in [1.165, 1.54) is 27.5 Å². The van der Waals surface area contributed by atoms with Crippen LogP contribution in [0.15, 0.2) is 30.6 Å². The van der Waals surface area contributed by atoms with Crippen LogP contribution in [0.25, 0.3) is 0 Å². The van der Waals surface area contributed by atoms with Crippen LogP contribution in [-0.2, 0) is 17.4 Å². The Balaban J connectivity index is 2.23. The Morgan fingerprint density at radius 3 is 2.50 bits per heavy atom. The number of methoxy groups -OCH3 is 2. The Hall–Kier alpha value is -2.75. The molecule has 1 heterocycles. The van der Waals surface area contributed by atoms with Crippen molar-refractivity contribution in [2.45, 2.75) is 31.2 Å². The molecule has 28 heavy (non-hydrogen) atoms. The fraction of sp³-hybridized carbons (Fsp3) is 0.444. The Bertz CT molecular complexity index is 838. The maximum Gasteiger partial charge on any atom is 0.425 e. The molecule has 0 fully saturated rings. The minimum atomic E-state index is -5.09. The highest BCUT2D eigenvalue weighted by molar-refractivity contribution is 5.78. The number of amides is 1. The van der Waals surface area contributed by atoms with Crippen molar-refractivity contribution in [1.29, 1.82) is 0 Å². The molecule has 1 aromatic carbocycles. The van der Waals surface area contributed by atoms with E-state index in [1.807, 2.05) is 0 Å². The number of rotatable bonds is 7. The van der Waals surface area contributed by atoms with Crippen molar-refractivity contribution in [3.63, 3.8) is 0 Å². The number of aliphatic hydroxyl groups is 1. The molecule has 0 aliphatic rings. The van der Waals surface area contributed by atoms with Crippen LogP contribution in [0.2, 0.25) is 0 Å². The molecular weight excluding hydrogens is 379 g/mol. The summed E-state index contributed by atoms with van der Waals surface area (Å²) in [6.45, 7) is 1.59. The molecule has 10 heteroatoms. The minimum Gasteiger partial charge on any atom is -0.497 e. The molecule has 0 aliphatic heterocycles. The van der Waals surface area contributed by atoms with Gasteiger partial charge in [0, 0.05) is 31.1 Å². The molecule has 2 atom stereocenters. The number of aryl methyl sites for hydroxylation is 1. The van der Waals surface area contributed by atoms with Gasteiger partial charge >= 0.3 is 6.18 Å². The van der Waals surface area contributed by atoms with Gasteiger partial charge in [0.05, 0.1) is 26.7 Å². The van der Waals surface area contributed by atoms with Crippen molar-refractivity contribution in [3.05, 3.63) is 42.0 Å². The predicted molar refractivity (Wildman–Crippen MR) is 93.9 cm³/mol. The molecule has 0 spiro atoms. The van der Waals surface area contributed by atoms with Crippen LogP contribution in [0.1, 0.15) is 30.8 Å². The van der Waals surface area contributed by atoms with E-state index in [9.17, 15) is 23.1 Å². The van der Waals surface area contributed by atoms with Gasteiger partial charge in [0.2, 0.25) is 11.5 Å². The number of aromatic nitrogens is 2. The van der Waals surface area contributed by atoms with E-state index in [4.69, 9.17) is 9.47 Å². The quantitative estimate of drug-likeness (QED) is 0.745. The summed E-state index contributed by atoms with van der Waals surface area (Å²) in [6.07, 6.45) is -3.95. The lowest BCUT2D eigenvalue weighted by atomic mass is 9.96. The van der Waals surface area contributed by atoms with E-state index in [0.29, 0.717) is 17.1 Å². The van der Waals surface area contributed by atoms with Gasteiger partial charge in [-0.25, -0.2) is 4.98 Å². The zero-order valence-electron chi connectivity index (χ0n) is 15.9. The van der Waals surface area contributed by atoms with Gasteiger partial charge in [-0.15, -0.1) is 0 Å². The third-order valence-corrected chi connectivity index (χ3v) is 4.36. The van der Waals surface area contributed by atoms with Gasteiger partial charge in [-0.05, 0) is 19.1 Å². The monoisotopic (exact) mass is 401 g/mol. The molecule has 2 unspecified atom stereocenters. The summed E-state index contributed by atoms with van der Waals surface area (Å²) in [4.78, 5) is 15.9. The van der Waals surface area contributed by atoms with Crippen molar-refractivity contribution in [3.8, 4) is 11.5 Å². The Labute approximate surface area is 160 Å². The molecule has 2 rings (SSSR count). The molecule has 2 aromatic rings. The Morgan fingerprint density at radius 1 is 1.32 bits per heavy atom. The molecule has 0 radical (unpaired) electrons. The highest BCUT2D eigenvalue weighted by atomic mass is 19.4. The maximum absolute atomic E-state index is 13.6. The van der Waals surface area contributed by atoms with Crippen LogP contribution >= 0.6 is 0 Å². The number of imidazole rings is 1. The van der Waals surface area contributed by atoms with Gasteiger partial charge in [0.1, 0.15) is 11.5 Å². The normalized spacial score (nSPS) is 14.9. The standard InChI is InChI=1S/C18H22F3N3O4/c1-11(13-6-5-12(27-3)9-14(13)28-4)23-15(25)10-17(26,18(19,20)21)16-22-7-8-24(16)2/h5-9,11,26H,10H2,1-4H3,(H,23,25). The van der Waals surface area contributed by atoms with Crippen LogP contribution in [0, 0.1) is 0 Å². The summed E-state index contributed by atoms with van der Waals surface area (Å²) in [7, 11) is 4.22. The molecule has 0 saturated carbocycles. The molecule has 0 bridgehead atoms. The predicted octanol–water partition coefficient (Wildman–Crippen LogP) is 2.45. The SMILES string of the molecule is COc1ccc(C(C)NC(=O)CC(O)(c2nccn2C)C(F)(F)F)c(OC)c1. The molecule has 154 valence electrons. The van der Waals surface area contributed by atoms with Gasteiger partial charge in [-0.2, -0.15) is 13.2 Å². The van der Waals surface area contributed by atoms with E-state index in [1.54, 1.807) is 25.1 Å². The lowest BCUT2D eigenvalue weighted by Gasteiger charge is -2.30. The van der Waals surface area contributed by atoms with Crippen LogP contribution < -0.4 is 14.8 Å². The van der Waals surface area contributed by atoms with Crippen LogP contribution in [0.4, 0.5) is 13.2 Å². The van der Waals surface area contributed by atoms with Crippen LogP contribution in [-0.4, -0.2) is 41.0 Å². The largest absolute Gasteiger partial charge is 0.497 e. The van der Waals surface area contributed by atoms with Gasteiger partial charge < -0.3 is 24.5 Å². The molecule has 1 amide bonds. The number of nitrogens with one attached hydrogen (secondary N) is 1. The van der Waals surface area contributed by atoms with Crippen molar-refractivity contribution in [1.82, 2.24) is 14.9 Å². The number of benzene rings is 1. The highest BCUT2D eigenvalue weighted by Gasteiger charge is 2.58. The van der Waals surface area contributed by atoms with Gasteiger partial charge in [0.15, 0.2) is 5.82 Å². The minimum absolute atomic E-state index is 0.405. The fourth-order valence-corrected chi connectivity index (χ4v) is 2.85. The second kappa shape index (κ2) is 8.09. The average Bonchev–Trinajstić information content (AvgIpc) is 3.06. The Kier molecular flexibility index (Phi) is 6.23. The second-order valence-corrected chi connectivity index (χ2v) is 6.29. The highest BCUT2D eigenvalue weighted by Crippen LogP contribution is 2.41. The third kappa shape index (κ3) is 4.22. The number of hydrogen-bond donors (Lipinski definition) is 2. The number of ether oxygens (including phenoxy) is 2. The van der Waals surface area contributed by atoms with Crippen molar-refractivity contribution < 1.29 is 32.5 Å². The molecule has 7 nitrogen and oxygen atoms in total. The summed E-state index contributed by atoms with van der Waals surface area (Å²) in [5.74, 6) is -0.722. The molecule has 1 aromatic heterocycles. The first-order valence-corrected chi connectivity index (χ1v) is 8.31. The topological polar surface area (TPSA) is 85.6 Å². The number of halogens is 3. The van der Waals surface area contributed by atoms with Crippen molar-refractivity contribution in [2.75, 3.05) is 14.2 Å². The first-order chi connectivity index (χ1) is 13.0. The molecular formula is C18H22F3N3O4. The van der Waals surface area contributed by atoms with Gasteiger partial charge in [-0.3, -0.25) is 4.79 Å². The van der Waals surface area contributed by atoms with E-state index >= 15 is 0 Å². The number of hydrogen-bond acceptors (Lipinski definition) is 5. The number of alkyl halides is 3. The van der Waals surface area contributed by atoms with E-state index in [-0.39, 0.29) is 0 Å². The number of nitrogens with zero attached hydrogens (tertiary/aromatic N) is 2. The lowest BCUT2D eigenvalue weighted by Crippen LogP contribution is -2.48. The van der Waals surface area contributed by atoms with Gasteiger partial charge in [0.25, 0.3) is 0 Å². The zero-order chi connectivity index (χ0) is 21.1. The van der Waals surface area contributed by atoms with Crippen molar-refractivity contribution in [2.24, 2.45) is 7.05 Å². The average molecular weight is 401 g/mol. The van der Waals surface area contributed by atoms with E-state index < -0.39 is 36.0 Å².